The molecule has 29 heavy (non-hydrogen) atoms. The largest absolute Gasteiger partial charge is 0.489 e. The first-order valence-electron chi connectivity index (χ1n) is 11.1. The van der Waals surface area contributed by atoms with Crippen molar-refractivity contribution in [3.63, 3.8) is 0 Å². The van der Waals surface area contributed by atoms with Gasteiger partial charge < -0.3 is 14.5 Å². The average molecular weight is 413 g/mol. The topological polar surface area (TPSA) is 48.9 Å². The zero-order valence-electron chi connectivity index (χ0n) is 16.8. The van der Waals surface area contributed by atoms with Crippen LogP contribution in [0.25, 0.3) is 10.1 Å². The van der Waals surface area contributed by atoms with Crippen LogP contribution < -0.4 is 4.74 Å². The van der Waals surface area contributed by atoms with Crippen LogP contribution in [-0.2, 0) is 0 Å². The van der Waals surface area contributed by atoms with Gasteiger partial charge in [-0.15, -0.1) is 0 Å². The number of hydrogen-bond acceptors (Lipinski definition) is 6. The van der Waals surface area contributed by atoms with Gasteiger partial charge in [-0.05, 0) is 74.4 Å². The highest BCUT2D eigenvalue weighted by molar-refractivity contribution is 7.13. The van der Waals surface area contributed by atoms with Crippen molar-refractivity contribution in [3.8, 4) is 5.75 Å². The van der Waals surface area contributed by atoms with E-state index < -0.39 is 0 Å². The molecule has 4 bridgehead atoms. The van der Waals surface area contributed by atoms with E-state index in [1.54, 1.807) is 0 Å². The first kappa shape index (κ1) is 18.1. The molecule has 0 N–H and O–H groups in total. The number of nitrogens with zero attached hydrogens (tertiary/aromatic N) is 4. The number of rotatable bonds is 3. The van der Waals surface area contributed by atoms with Gasteiger partial charge >= 0.3 is 0 Å². The second-order valence-electron chi connectivity index (χ2n) is 9.05. The summed E-state index contributed by atoms with van der Waals surface area (Å²) < 4.78 is 12.0. The van der Waals surface area contributed by atoms with Gasteiger partial charge in [0, 0.05) is 44.2 Å². The summed E-state index contributed by atoms with van der Waals surface area (Å²) in [4.78, 5) is 20.4. The molecule has 154 valence electrons. The number of hydrogen-bond donors (Lipinski definition) is 0. The molecule has 6 aliphatic heterocycles. The fourth-order valence-electron chi connectivity index (χ4n) is 5.65. The molecular formula is C22H28N4O2S. The predicted molar refractivity (Wildman–Crippen MR) is 114 cm³/mol. The van der Waals surface area contributed by atoms with Crippen LogP contribution in [0.2, 0.25) is 0 Å². The summed E-state index contributed by atoms with van der Waals surface area (Å²) in [5.74, 6) is 1.71. The molecule has 0 spiro atoms. The van der Waals surface area contributed by atoms with Crippen molar-refractivity contribution in [1.82, 2.24) is 19.1 Å². The zero-order valence-corrected chi connectivity index (χ0v) is 17.6. The fourth-order valence-corrected chi connectivity index (χ4v) is 6.45. The van der Waals surface area contributed by atoms with Crippen molar-refractivity contribution < 1.29 is 9.53 Å². The molecule has 6 aliphatic rings. The molecule has 7 heteroatoms. The summed E-state index contributed by atoms with van der Waals surface area (Å²) in [6.45, 7) is 7.53. The Hall–Kier alpha value is -1.70. The van der Waals surface area contributed by atoms with E-state index in [0.29, 0.717) is 23.8 Å². The number of ether oxygens (including phenoxy) is 1. The van der Waals surface area contributed by atoms with Crippen LogP contribution in [0.4, 0.5) is 0 Å². The van der Waals surface area contributed by atoms with E-state index in [9.17, 15) is 4.79 Å². The van der Waals surface area contributed by atoms with E-state index in [1.165, 1.54) is 37.5 Å². The Morgan fingerprint density at radius 3 is 2.55 bits per heavy atom. The highest BCUT2D eigenvalue weighted by Crippen LogP contribution is 2.34. The minimum atomic E-state index is 0.107. The number of piperidine rings is 4. The van der Waals surface area contributed by atoms with Crippen molar-refractivity contribution >= 4 is 27.5 Å². The highest BCUT2D eigenvalue weighted by atomic mass is 32.1. The smallest absolute Gasteiger partial charge is 0.274 e. The van der Waals surface area contributed by atoms with Crippen LogP contribution in [0.1, 0.15) is 36.2 Å². The number of benzene rings is 1. The minimum absolute atomic E-state index is 0.107. The van der Waals surface area contributed by atoms with Crippen LogP contribution >= 0.6 is 11.5 Å². The van der Waals surface area contributed by atoms with Crippen LogP contribution in [-0.4, -0.2) is 82.9 Å². The molecule has 6 nitrogen and oxygen atoms in total. The van der Waals surface area contributed by atoms with Crippen LogP contribution in [0.15, 0.2) is 18.2 Å². The Morgan fingerprint density at radius 2 is 1.79 bits per heavy atom. The van der Waals surface area contributed by atoms with Gasteiger partial charge in [0.15, 0.2) is 0 Å². The van der Waals surface area contributed by atoms with Crippen molar-refractivity contribution in [2.24, 2.45) is 5.92 Å². The van der Waals surface area contributed by atoms with Gasteiger partial charge in [0.1, 0.15) is 17.5 Å². The van der Waals surface area contributed by atoms with Gasteiger partial charge in [-0.3, -0.25) is 9.69 Å². The van der Waals surface area contributed by atoms with Gasteiger partial charge in [0.25, 0.3) is 5.91 Å². The highest BCUT2D eigenvalue weighted by Gasteiger charge is 2.36. The molecule has 0 aliphatic carbocycles. The Labute approximate surface area is 175 Å². The monoisotopic (exact) mass is 412 g/mol. The van der Waals surface area contributed by atoms with Crippen LogP contribution in [0, 0.1) is 5.92 Å². The Morgan fingerprint density at radius 1 is 1.00 bits per heavy atom. The third-order valence-electron chi connectivity index (χ3n) is 7.45. The summed E-state index contributed by atoms with van der Waals surface area (Å²) >= 11 is 1.42. The number of amides is 1. The predicted octanol–water partition coefficient (Wildman–Crippen LogP) is 2.69. The molecule has 2 aromatic rings. The lowest BCUT2D eigenvalue weighted by molar-refractivity contribution is -0.00768. The molecule has 1 amide bonds. The number of carbonyl (C=O) groups excluding carboxylic acids is 1. The maximum Gasteiger partial charge on any atom is 0.274 e. The summed E-state index contributed by atoms with van der Waals surface area (Å²) in [6, 6.07) is 6.53. The first-order valence-corrected chi connectivity index (χ1v) is 11.8. The van der Waals surface area contributed by atoms with E-state index in [4.69, 9.17) is 4.74 Å². The number of aromatic nitrogens is 1. The summed E-state index contributed by atoms with van der Waals surface area (Å²) in [7, 11) is 0. The van der Waals surface area contributed by atoms with Crippen molar-refractivity contribution in [3.05, 3.63) is 23.9 Å². The molecule has 6 fully saturated rings. The standard InChI is InChI=1S/C22H28N4O2S/c27-22(26-12-11-24-9-5-16(26)6-10-24)21-18-2-1-17(13-20(18)29-23-21)28-19-14-25-7-3-15(19)4-8-25/h1-2,13,15-16,19H,3-12,14H2. The molecule has 1 aromatic carbocycles. The van der Waals surface area contributed by atoms with E-state index >= 15 is 0 Å². The van der Waals surface area contributed by atoms with E-state index in [0.717, 1.165) is 61.4 Å². The molecule has 1 atom stereocenters. The number of fused-ring (bicyclic) bond motifs is 8. The van der Waals surface area contributed by atoms with E-state index in [2.05, 4.69) is 25.1 Å². The van der Waals surface area contributed by atoms with E-state index in [1.807, 2.05) is 12.1 Å². The lowest BCUT2D eigenvalue weighted by atomic mass is 9.86. The number of carbonyl (C=O) groups is 1. The normalized spacial score (nSPS) is 33.8. The zero-order chi connectivity index (χ0) is 19.4. The maximum atomic E-state index is 13.3. The third-order valence-corrected chi connectivity index (χ3v) is 8.25. The molecular weight excluding hydrogens is 384 g/mol. The summed E-state index contributed by atoms with van der Waals surface area (Å²) in [6.07, 6.45) is 4.98. The van der Waals surface area contributed by atoms with E-state index in [-0.39, 0.29) is 5.91 Å². The molecule has 1 aromatic heterocycles. The lowest BCUT2D eigenvalue weighted by Crippen LogP contribution is -2.52. The van der Waals surface area contributed by atoms with Gasteiger partial charge in [-0.1, -0.05) is 0 Å². The Bertz CT molecular complexity index is 915. The molecule has 7 heterocycles. The molecule has 0 radical (unpaired) electrons. The van der Waals surface area contributed by atoms with Crippen LogP contribution in [0.3, 0.4) is 0 Å². The van der Waals surface area contributed by atoms with Crippen molar-refractivity contribution in [1.29, 1.82) is 0 Å². The van der Waals surface area contributed by atoms with Gasteiger partial charge in [-0.2, -0.15) is 4.37 Å². The Balaban J connectivity index is 1.23. The molecule has 0 saturated carbocycles. The second kappa shape index (κ2) is 7.22. The first-order chi connectivity index (χ1) is 14.2. The third kappa shape index (κ3) is 3.23. The quantitative estimate of drug-likeness (QED) is 0.776. The van der Waals surface area contributed by atoms with Crippen LogP contribution in [0.5, 0.6) is 5.75 Å². The SMILES string of the molecule is O=C(c1nsc2cc(OC3CN4CCC3CC4)ccc12)N1CCN2CCC1CC2. The summed E-state index contributed by atoms with van der Waals surface area (Å²) in [5.41, 5.74) is 0.625. The van der Waals surface area contributed by atoms with Gasteiger partial charge in [-0.25, -0.2) is 0 Å². The maximum absolute atomic E-state index is 13.3. The van der Waals surface area contributed by atoms with Crippen molar-refractivity contribution in [2.75, 3.05) is 45.8 Å². The fraction of sp³-hybridized carbons (Fsp3) is 0.636. The van der Waals surface area contributed by atoms with Crippen molar-refractivity contribution in [2.45, 2.75) is 37.8 Å². The van der Waals surface area contributed by atoms with Gasteiger partial charge in [0.2, 0.25) is 0 Å². The average Bonchev–Trinajstić information content (AvgIpc) is 2.94. The lowest BCUT2D eigenvalue weighted by Gasteiger charge is -2.44. The Kier molecular flexibility index (Phi) is 4.50. The summed E-state index contributed by atoms with van der Waals surface area (Å²) in [5, 5.41) is 0.973. The molecule has 8 rings (SSSR count). The minimum Gasteiger partial charge on any atom is -0.489 e. The van der Waals surface area contributed by atoms with Gasteiger partial charge in [0.05, 0.1) is 4.70 Å². The second-order valence-corrected chi connectivity index (χ2v) is 9.86. The molecule has 1 unspecified atom stereocenters. The molecule has 6 saturated heterocycles.